The number of rotatable bonds is 3. The lowest BCUT2D eigenvalue weighted by Crippen LogP contribution is -1.99. The summed E-state index contributed by atoms with van der Waals surface area (Å²) in [5.74, 6) is 0.320. The van der Waals surface area contributed by atoms with Crippen molar-refractivity contribution < 1.29 is 4.39 Å². The lowest BCUT2D eigenvalue weighted by atomic mass is 10.0. The molecule has 4 nitrogen and oxygen atoms in total. The highest BCUT2D eigenvalue weighted by molar-refractivity contribution is 6.33. The Hall–Kier alpha value is -2.53. The molecule has 6 heteroatoms. The van der Waals surface area contributed by atoms with E-state index in [-0.39, 0.29) is 5.82 Å². The SMILES string of the molecule is CNc1cnc(-c2ccc(F)cc2)c(-c2ccncc2Cl)n1. The van der Waals surface area contributed by atoms with Gasteiger partial charge in [0, 0.05) is 30.6 Å². The van der Waals surface area contributed by atoms with E-state index in [9.17, 15) is 4.39 Å². The predicted octanol–water partition coefficient (Wildman–Crippen LogP) is 4.04. The molecule has 0 aliphatic rings. The van der Waals surface area contributed by atoms with Crippen LogP contribution >= 0.6 is 11.6 Å². The third kappa shape index (κ3) is 2.76. The van der Waals surface area contributed by atoms with Crippen LogP contribution in [0, 0.1) is 5.82 Å². The van der Waals surface area contributed by atoms with Gasteiger partial charge in [-0.25, -0.2) is 9.37 Å². The third-order valence-electron chi connectivity index (χ3n) is 3.17. The van der Waals surface area contributed by atoms with E-state index in [0.717, 1.165) is 11.1 Å². The molecule has 22 heavy (non-hydrogen) atoms. The van der Waals surface area contributed by atoms with Gasteiger partial charge in [0.15, 0.2) is 0 Å². The molecule has 0 atom stereocenters. The Labute approximate surface area is 132 Å². The molecule has 0 saturated heterocycles. The van der Waals surface area contributed by atoms with Gasteiger partial charge in [0.2, 0.25) is 0 Å². The number of aromatic nitrogens is 3. The minimum Gasteiger partial charge on any atom is -0.372 e. The number of hydrogen-bond donors (Lipinski definition) is 1. The fraction of sp³-hybridized carbons (Fsp3) is 0.0625. The average molecular weight is 315 g/mol. The Balaban J connectivity index is 2.22. The van der Waals surface area contributed by atoms with Crippen LogP contribution in [0.4, 0.5) is 10.2 Å². The van der Waals surface area contributed by atoms with Crippen LogP contribution < -0.4 is 5.32 Å². The normalized spacial score (nSPS) is 10.5. The Bertz CT molecular complexity index is 805. The second kappa shape index (κ2) is 6.07. The van der Waals surface area contributed by atoms with Crippen molar-refractivity contribution in [3.63, 3.8) is 0 Å². The highest BCUT2D eigenvalue weighted by Crippen LogP contribution is 2.33. The first-order chi connectivity index (χ1) is 10.7. The Morgan fingerprint density at radius 3 is 2.50 bits per heavy atom. The fourth-order valence-corrected chi connectivity index (χ4v) is 2.29. The second-order valence-corrected chi connectivity index (χ2v) is 4.97. The van der Waals surface area contributed by atoms with Gasteiger partial charge >= 0.3 is 0 Å². The number of hydrogen-bond acceptors (Lipinski definition) is 4. The summed E-state index contributed by atoms with van der Waals surface area (Å²) in [6.07, 6.45) is 4.82. The zero-order chi connectivity index (χ0) is 15.5. The number of anilines is 1. The van der Waals surface area contributed by atoms with Crippen LogP contribution in [-0.2, 0) is 0 Å². The monoisotopic (exact) mass is 314 g/mol. The van der Waals surface area contributed by atoms with E-state index in [1.54, 1.807) is 43.8 Å². The molecular weight excluding hydrogens is 303 g/mol. The molecule has 0 radical (unpaired) electrons. The van der Waals surface area contributed by atoms with Crippen LogP contribution in [0.2, 0.25) is 5.02 Å². The molecule has 2 aromatic heterocycles. The topological polar surface area (TPSA) is 50.7 Å². The quantitative estimate of drug-likeness (QED) is 0.792. The van der Waals surface area contributed by atoms with E-state index >= 15 is 0 Å². The molecular formula is C16H12ClFN4. The molecule has 3 aromatic rings. The number of nitrogens with zero attached hydrogens (tertiary/aromatic N) is 3. The van der Waals surface area contributed by atoms with Gasteiger partial charge in [0.05, 0.1) is 16.9 Å². The van der Waals surface area contributed by atoms with Gasteiger partial charge in [-0.2, -0.15) is 0 Å². The lowest BCUT2D eigenvalue weighted by molar-refractivity contribution is 0.628. The predicted molar refractivity (Wildman–Crippen MR) is 85.2 cm³/mol. The molecule has 110 valence electrons. The van der Waals surface area contributed by atoms with Gasteiger partial charge in [0.25, 0.3) is 0 Å². The molecule has 0 amide bonds. The summed E-state index contributed by atoms with van der Waals surface area (Å²) in [5.41, 5.74) is 2.73. The maximum atomic E-state index is 13.1. The Morgan fingerprint density at radius 2 is 1.82 bits per heavy atom. The minimum atomic E-state index is -0.299. The van der Waals surface area contributed by atoms with Gasteiger partial charge in [-0.05, 0) is 30.3 Å². The zero-order valence-corrected chi connectivity index (χ0v) is 12.5. The smallest absolute Gasteiger partial charge is 0.145 e. The summed E-state index contributed by atoms with van der Waals surface area (Å²) in [6, 6.07) is 7.88. The largest absolute Gasteiger partial charge is 0.372 e. The third-order valence-corrected chi connectivity index (χ3v) is 3.48. The summed E-state index contributed by atoms with van der Waals surface area (Å²) in [6.45, 7) is 0. The van der Waals surface area contributed by atoms with Crippen molar-refractivity contribution in [2.45, 2.75) is 0 Å². The maximum Gasteiger partial charge on any atom is 0.145 e. The summed E-state index contributed by atoms with van der Waals surface area (Å²) in [4.78, 5) is 13.0. The van der Waals surface area contributed by atoms with Crippen LogP contribution in [0.5, 0.6) is 0 Å². The van der Waals surface area contributed by atoms with Gasteiger partial charge in [-0.3, -0.25) is 9.97 Å². The van der Waals surface area contributed by atoms with E-state index in [2.05, 4.69) is 20.3 Å². The maximum absolute atomic E-state index is 13.1. The number of benzene rings is 1. The summed E-state index contributed by atoms with van der Waals surface area (Å²) >= 11 is 6.23. The van der Waals surface area contributed by atoms with Crippen LogP contribution in [0.3, 0.4) is 0 Å². The summed E-state index contributed by atoms with van der Waals surface area (Å²) < 4.78 is 13.1. The molecule has 0 fully saturated rings. The molecule has 0 saturated carbocycles. The lowest BCUT2D eigenvalue weighted by Gasteiger charge is -2.11. The van der Waals surface area contributed by atoms with Crippen LogP contribution in [0.1, 0.15) is 0 Å². The van der Waals surface area contributed by atoms with Crippen molar-refractivity contribution in [1.29, 1.82) is 0 Å². The van der Waals surface area contributed by atoms with Crippen molar-refractivity contribution in [3.8, 4) is 22.5 Å². The Kier molecular flexibility index (Phi) is 3.98. The van der Waals surface area contributed by atoms with E-state index in [1.165, 1.54) is 12.1 Å². The molecule has 0 spiro atoms. The second-order valence-electron chi connectivity index (χ2n) is 4.56. The molecule has 0 aliphatic heterocycles. The van der Waals surface area contributed by atoms with E-state index in [4.69, 9.17) is 11.6 Å². The van der Waals surface area contributed by atoms with Crippen LogP contribution in [0.15, 0.2) is 48.9 Å². The minimum absolute atomic E-state index is 0.299. The van der Waals surface area contributed by atoms with E-state index < -0.39 is 0 Å². The number of halogens is 2. The molecule has 0 unspecified atom stereocenters. The molecule has 3 rings (SSSR count). The molecule has 0 aliphatic carbocycles. The summed E-state index contributed by atoms with van der Waals surface area (Å²) in [7, 11) is 1.76. The zero-order valence-electron chi connectivity index (χ0n) is 11.7. The van der Waals surface area contributed by atoms with Gasteiger partial charge in [-0.15, -0.1) is 0 Å². The average Bonchev–Trinajstić information content (AvgIpc) is 2.56. The fourth-order valence-electron chi connectivity index (χ4n) is 2.08. The van der Waals surface area contributed by atoms with Crippen molar-refractivity contribution in [3.05, 3.63) is 59.8 Å². The van der Waals surface area contributed by atoms with Gasteiger partial charge in [-0.1, -0.05) is 11.6 Å². The molecule has 0 bridgehead atoms. The summed E-state index contributed by atoms with van der Waals surface area (Å²) in [5, 5.41) is 3.43. The van der Waals surface area contributed by atoms with Crippen molar-refractivity contribution in [1.82, 2.24) is 15.0 Å². The van der Waals surface area contributed by atoms with Gasteiger partial charge < -0.3 is 5.32 Å². The Morgan fingerprint density at radius 1 is 1.05 bits per heavy atom. The van der Waals surface area contributed by atoms with E-state index in [0.29, 0.717) is 22.2 Å². The highest BCUT2D eigenvalue weighted by Gasteiger charge is 2.14. The highest BCUT2D eigenvalue weighted by atomic mass is 35.5. The van der Waals surface area contributed by atoms with Crippen molar-refractivity contribution >= 4 is 17.4 Å². The van der Waals surface area contributed by atoms with Crippen LogP contribution in [0.25, 0.3) is 22.5 Å². The number of pyridine rings is 1. The first-order valence-electron chi connectivity index (χ1n) is 6.59. The van der Waals surface area contributed by atoms with Crippen molar-refractivity contribution in [2.24, 2.45) is 0 Å². The standard InChI is InChI=1S/C16H12ClFN4/c1-19-14-9-21-15(10-2-4-11(18)5-3-10)16(22-14)12-6-7-20-8-13(12)17/h2-9H,1H3,(H,19,22). The van der Waals surface area contributed by atoms with Crippen LogP contribution in [-0.4, -0.2) is 22.0 Å². The van der Waals surface area contributed by atoms with Crippen molar-refractivity contribution in [2.75, 3.05) is 12.4 Å². The van der Waals surface area contributed by atoms with E-state index in [1.807, 2.05) is 0 Å². The molecule has 1 N–H and O–H groups in total. The molecule has 2 heterocycles. The first-order valence-corrected chi connectivity index (χ1v) is 6.97. The van der Waals surface area contributed by atoms with Gasteiger partial charge in [0.1, 0.15) is 17.3 Å². The first kappa shape index (κ1) is 14.4. The molecule has 1 aromatic carbocycles. The number of nitrogens with one attached hydrogen (secondary N) is 1.